The van der Waals surface area contributed by atoms with E-state index in [4.69, 9.17) is 14.5 Å². The molecule has 1 saturated heterocycles. The molecule has 0 spiro atoms. The van der Waals surface area contributed by atoms with Gasteiger partial charge in [0.25, 0.3) is 0 Å². The van der Waals surface area contributed by atoms with E-state index in [1.54, 1.807) is 16.4 Å². The van der Waals surface area contributed by atoms with Crippen LogP contribution in [0.3, 0.4) is 0 Å². The third-order valence-corrected chi connectivity index (χ3v) is 9.33. The van der Waals surface area contributed by atoms with Gasteiger partial charge in [0.05, 0.1) is 29.5 Å². The van der Waals surface area contributed by atoms with Crippen LogP contribution in [0, 0.1) is 0 Å². The fourth-order valence-corrected chi connectivity index (χ4v) is 7.09. The van der Waals surface area contributed by atoms with Crippen molar-refractivity contribution in [3.63, 3.8) is 0 Å². The number of nitrogens with zero attached hydrogens (tertiary/aromatic N) is 3. The number of ether oxygens (including phenoxy) is 2. The van der Waals surface area contributed by atoms with Gasteiger partial charge in [0, 0.05) is 24.2 Å². The smallest absolute Gasteiger partial charge is 0.243 e. The van der Waals surface area contributed by atoms with Gasteiger partial charge in [-0.25, -0.2) is 13.4 Å². The molecule has 1 aliphatic rings. The first-order valence-corrected chi connectivity index (χ1v) is 15.6. The fourth-order valence-electron chi connectivity index (χ4n) is 4.64. The van der Waals surface area contributed by atoms with E-state index in [1.807, 2.05) is 74.5 Å². The summed E-state index contributed by atoms with van der Waals surface area (Å²) in [5, 5.41) is 2.05. The van der Waals surface area contributed by atoms with Crippen LogP contribution in [-0.2, 0) is 10.0 Å². The van der Waals surface area contributed by atoms with Crippen LogP contribution in [0.25, 0.3) is 16.9 Å². The van der Waals surface area contributed by atoms with Gasteiger partial charge >= 0.3 is 0 Å². The zero-order valence-electron chi connectivity index (χ0n) is 22.2. The van der Waals surface area contributed by atoms with Gasteiger partial charge in [-0.2, -0.15) is 4.31 Å². The van der Waals surface area contributed by atoms with Crippen molar-refractivity contribution in [2.45, 2.75) is 38.0 Å². The van der Waals surface area contributed by atoms with E-state index in [2.05, 4.69) is 9.95 Å². The second kappa shape index (κ2) is 12.2. The highest BCUT2D eigenvalue weighted by Gasteiger charge is 2.26. The Morgan fingerprint density at radius 3 is 1.97 bits per heavy atom. The number of hydrogen-bond donors (Lipinski definition) is 0. The van der Waals surface area contributed by atoms with Gasteiger partial charge in [-0.1, -0.05) is 18.6 Å². The standard InChI is InChI=1S/C30H33N3O4S2/c1-3-36-26-14-10-24(11-15-26)31-30-33(25-12-16-27(17-13-25)37-4-2)29(22-38-30)23-8-18-28(19-9-23)39(34,35)32-20-6-5-7-21-32/h8-19,22H,3-7,20-21H2,1-2H3. The van der Waals surface area contributed by atoms with Crippen molar-refractivity contribution < 1.29 is 17.9 Å². The summed E-state index contributed by atoms with van der Waals surface area (Å²) in [6.07, 6.45) is 2.91. The minimum Gasteiger partial charge on any atom is -0.494 e. The van der Waals surface area contributed by atoms with Gasteiger partial charge in [-0.05, 0) is 92.9 Å². The molecule has 5 rings (SSSR count). The van der Waals surface area contributed by atoms with Gasteiger partial charge in [0.15, 0.2) is 4.80 Å². The minimum absolute atomic E-state index is 0.329. The number of rotatable bonds is 9. The number of hydrogen-bond acceptors (Lipinski definition) is 6. The zero-order valence-corrected chi connectivity index (χ0v) is 23.9. The first-order chi connectivity index (χ1) is 19.0. The van der Waals surface area contributed by atoms with Crippen LogP contribution < -0.4 is 14.3 Å². The number of benzene rings is 3. The summed E-state index contributed by atoms with van der Waals surface area (Å²) >= 11 is 1.53. The van der Waals surface area contributed by atoms with Gasteiger partial charge in [0.2, 0.25) is 10.0 Å². The first-order valence-electron chi connectivity index (χ1n) is 13.3. The highest BCUT2D eigenvalue weighted by Crippen LogP contribution is 2.28. The summed E-state index contributed by atoms with van der Waals surface area (Å²) in [6.45, 7) is 6.30. The van der Waals surface area contributed by atoms with Crippen LogP contribution >= 0.6 is 11.3 Å². The summed E-state index contributed by atoms with van der Waals surface area (Å²) in [7, 11) is -3.49. The molecule has 0 atom stereocenters. The van der Waals surface area contributed by atoms with Crippen LogP contribution in [-0.4, -0.2) is 43.6 Å². The molecule has 1 aromatic heterocycles. The van der Waals surface area contributed by atoms with Crippen LogP contribution in [0.5, 0.6) is 11.5 Å². The van der Waals surface area contributed by atoms with Crippen molar-refractivity contribution >= 4 is 27.0 Å². The van der Waals surface area contributed by atoms with E-state index < -0.39 is 10.0 Å². The maximum atomic E-state index is 13.2. The molecule has 1 fully saturated rings. The normalized spacial score (nSPS) is 14.9. The Balaban J connectivity index is 1.54. The van der Waals surface area contributed by atoms with E-state index in [-0.39, 0.29) is 0 Å². The van der Waals surface area contributed by atoms with E-state index >= 15 is 0 Å². The molecular formula is C30H33N3O4S2. The monoisotopic (exact) mass is 563 g/mol. The number of piperidine rings is 1. The second-order valence-corrected chi connectivity index (χ2v) is 12.0. The van der Waals surface area contributed by atoms with E-state index in [0.29, 0.717) is 31.2 Å². The Labute approximate surface area is 234 Å². The third kappa shape index (κ3) is 6.11. The van der Waals surface area contributed by atoms with Gasteiger partial charge < -0.3 is 9.47 Å². The predicted octanol–water partition coefficient (Wildman–Crippen LogP) is 6.41. The summed E-state index contributed by atoms with van der Waals surface area (Å²) in [4.78, 5) is 6.06. The van der Waals surface area contributed by atoms with Gasteiger partial charge in [0.1, 0.15) is 11.5 Å². The van der Waals surface area contributed by atoms with Crippen molar-refractivity contribution in [2.75, 3.05) is 26.3 Å². The number of sulfonamides is 1. The second-order valence-electron chi connectivity index (χ2n) is 9.19. The van der Waals surface area contributed by atoms with Crippen LogP contribution in [0.15, 0.2) is 88.1 Å². The molecule has 4 aromatic rings. The molecule has 39 heavy (non-hydrogen) atoms. The minimum atomic E-state index is -3.49. The molecule has 204 valence electrons. The van der Waals surface area contributed by atoms with Crippen LogP contribution in [0.4, 0.5) is 5.69 Å². The lowest BCUT2D eigenvalue weighted by atomic mass is 10.1. The Bertz CT molecular complexity index is 1550. The quantitative estimate of drug-likeness (QED) is 0.236. The van der Waals surface area contributed by atoms with Crippen molar-refractivity contribution in [1.82, 2.24) is 8.87 Å². The average Bonchev–Trinajstić information content (AvgIpc) is 3.39. The molecule has 0 aliphatic carbocycles. The lowest BCUT2D eigenvalue weighted by Gasteiger charge is -2.25. The Morgan fingerprint density at radius 1 is 0.795 bits per heavy atom. The van der Waals surface area contributed by atoms with Crippen LogP contribution in [0.1, 0.15) is 33.1 Å². The molecule has 0 saturated carbocycles. The van der Waals surface area contributed by atoms with Crippen LogP contribution in [0.2, 0.25) is 0 Å². The molecule has 7 nitrogen and oxygen atoms in total. The molecule has 0 N–H and O–H groups in total. The van der Waals surface area contributed by atoms with Gasteiger partial charge in [-0.3, -0.25) is 4.57 Å². The Hall–Kier alpha value is -3.40. The number of aromatic nitrogens is 1. The third-order valence-electron chi connectivity index (χ3n) is 6.59. The van der Waals surface area contributed by atoms with Gasteiger partial charge in [-0.15, -0.1) is 11.3 Å². The summed E-state index contributed by atoms with van der Waals surface area (Å²) in [5.74, 6) is 1.61. The number of thiazole rings is 1. The maximum Gasteiger partial charge on any atom is 0.243 e. The molecule has 3 aromatic carbocycles. The zero-order chi connectivity index (χ0) is 27.2. The molecule has 0 radical (unpaired) electrons. The van der Waals surface area contributed by atoms with E-state index in [0.717, 1.165) is 58.2 Å². The molecule has 9 heteroatoms. The Kier molecular flexibility index (Phi) is 8.50. The lowest BCUT2D eigenvalue weighted by molar-refractivity contribution is 0.340. The molecular weight excluding hydrogens is 530 g/mol. The SMILES string of the molecule is CCOc1ccc(N=c2scc(-c3ccc(S(=O)(=O)N4CCCCC4)cc3)n2-c2ccc(OCC)cc2)cc1. The van der Waals surface area contributed by atoms with Crippen molar-refractivity contribution in [2.24, 2.45) is 4.99 Å². The first kappa shape index (κ1) is 27.2. The predicted molar refractivity (Wildman–Crippen MR) is 156 cm³/mol. The Morgan fingerprint density at radius 2 is 1.38 bits per heavy atom. The lowest BCUT2D eigenvalue weighted by Crippen LogP contribution is -2.35. The maximum absolute atomic E-state index is 13.2. The molecule has 0 amide bonds. The average molecular weight is 564 g/mol. The van der Waals surface area contributed by atoms with Crippen molar-refractivity contribution in [3.8, 4) is 28.4 Å². The van der Waals surface area contributed by atoms with E-state index in [1.165, 1.54) is 11.3 Å². The topological polar surface area (TPSA) is 73.1 Å². The van der Waals surface area contributed by atoms with Crippen molar-refractivity contribution in [3.05, 3.63) is 83.0 Å². The van der Waals surface area contributed by atoms with E-state index in [9.17, 15) is 8.42 Å². The summed E-state index contributed by atoms with van der Waals surface area (Å²) in [6, 6.07) is 22.8. The summed E-state index contributed by atoms with van der Waals surface area (Å²) in [5.41, 5.74) is 3.58. The highest BCUT2D eigenvalue weighted by molar-refractivity contribution is 7.89. The van der Waals surface area contributed by atoms with Crippen molar-refractivity contribution in [1.29, 1.82) is 0 Å². The molecule has 1 aliphatic heterocycles. The summed E-state index contributed by atoms with van der Waals surface area (Å²) < 4.78 is 41.2. The largest absolute Gasteiger partial charge is 0.494 e. The fraction of sp³-hybridized carbons (Fsp3) is 0.300. The molecule has 0 bridgehead atoms. The highest BCUT2D eigenvalue weighted by atomic mass is 32.2. The molecule has 0 unspecified atom stereocenters. The molecule has 2 heterocycles.